The minimum Gasteiger partial charge on any atom is -0.429 e. The summed E-state index contributed by atoms with van der Waals surface area (Å²) in [5.74, 6) is -1.63. The second kappa shape index (κ2) is 10.1. The van der Waals surface area contributed by atoms with Gasteiger partial charge in [-0.25, -0.2) is 9.18 Å². The number of ether oxygens (including phenoxy) is 2. The summed E-state index contributed by atoms with van der Waals surface area (Å²) in [7, 11) is 0. The highest BCUT2D eigenvalue weighted by molar-refractivity contribution is 9.10. The van der Waals surface area contributed by atoms with Crippen LogP contribution < -0.4 is 15.4 Å². The van der Waals surface area contributed by atoms with Crippen molar-refractivity contribution >= 4 is 45.2 Å². The summed E-state index contributed by atoms with van der Waals surface area (Å²) >= 11 is 7.02. The zero-order valence-electron chi connectivity index (χ0n) is 15.7. The highest BCUT2D eigenvalue weighted by Gasteiger charge is 2.61. The molecule has 6 nitrogen and oxygen atoms in total. The molecule has 0 aliphatic carbocycles. The Hall–Kier alpha value is -2.58. The predicted octanol–water partition coefficient (Wildman–Crippen LogP) is 6.17. The van der Waals surface area contributed by atoms with E-state index in [1.54, 1.807) is 6.07 Å². The average molecular weight is 568 g/mol. The summed E-state index contributed by atoms with van der Waals surface area (Å²) < 4.78 is 98.3. The number of carbonyl (C=O) groups is 2. The predicted molar refractivity (Wildman–Crippen MR) is 105 cm³/mol. The minimum absolute atomic E-state index is 0.00606. The molecule has 33 heavy (non-hydrogen) atoms. The van der Waals surface area contributed by atoms with Crippen LogP contribution >= 0.6 is 27.5 Å². The van der Waals surface area contributed by atoms with Gasteiger partial charge in [-0.05, 0) is 36.4 Å². The minimum atomic E-state index is -5.61. The number of benzene rings is 2. The van der Waals surface area contributed by atoms with Crippen molar-refractivity contribution in [1.29, 1.82) is 0 Å². The van der Waals surface area contributed by atoms with Crippen LogP contribution in [0.5, 0.6) is 5.75 Å². The summed E-state index contributed by atoms with van der Waals surface area (Å²) in [6.45, 7) is 0. The summed E-state index contributed by atoms with van der Waals surface area (Å²) in [5.41, 5.74) is -0.0415. The van der Waals surface area contributed by atoms with Crippen molar-refractivity contribution in [2.75, 3.05) is 5.32 Å². The fourth-order valence-corrected chi connectivity index (χ4v) is 2.37. The van der Waals surface area contributed by atoms with Crippen molar-refractivity contribution in [3.8, 4) is 5.75 Å². The van der Waals surface area contributed by atoms with Gasteiger partial charge in [-0.3, -0.25) is 14.8 Å². The lowest BCUT2D eigenvalue weighted by Gasteiger charge is -2.27. The van der Waals surface area contributed by atoms with Gasteiger partial charge in [-0.1, -0.05) is 23.7 Å². The molecule has 2 aromatic rings. The van der Waals surface area contributed by atoms with Crippen LogP contribution in [0.2, 0.25) is 5.02 Å². The maximum absolute atomic E-state index is 13.6. The smallest absolute Gasteiger partial charge is 0.429 e. The van der Waals surface area contributed by atoms with Gasteiger partial charge in [0.1, 0.15) is 5.75 Å². The number of carbonyl (C=O) groups excluding carboxylic acids is 2. The van der Waals surface area contributed by atoms with E-state index < -0.39 is 41.1 Å². The molecule has 1 atom stereocenters. The Kier molecular flexibility index (Phi) is 8.19. The van der Waals surface area contributed by atoms with Gasteiger partial charge in [0.15, 0.2) is 0 Å². The fraction of sp³-hybridized carbons (Fsp3) is 0.222. The maximum Gasteiger partial charge on any atom is 0.456 e. The Morgan fingerprint density at radius 1 is 0.970 bits per heavy atom. The number of urea groups is 1. The van der Waals surface area contributed by atoms with E-state index in [0.717, 1.165) is 24.3 Å². The van der Waals surface area contributed by atoms with Gasteiger partial charge >= 0.3 is 29.4 Å². The number of nitrogens with one attached hydrogen (secondary N) is 2. The van der Waals surface area contributed by atoms with Gasteiger partial charge in [-0.15, -0.1) is 0 Å². The molecular weight excluding hydrogens is 557 g/mol. The summed E-state index contributed by atoms with van der Waals surface area (Å²) in [4.78, 5) is 18.8. The molecule has 180 valence electrons. The van der Waals surface area contributed by atoms with Crippen molar-refractivity contribution in [3.63, 3.8) is 0 Å². The molecule has 0 spiro atoms. The van der Waals surface area contributed by atoms with Crippen molar-refractivity contribution in [1.82, 2.24) is 5.32 Å². The highest BCUT2D eigenvalue weighted by atomic mass is 79.9. The van der Waals surface area contributed by atoms with Crippen LogP contribution in [0.4, 0.5) is 41.2 Å². The summed E-state index contributed by atoms with van der Waals surface area (Å²) in [5, 5.41) is 4.22. The topological polar surface area (TPSA) is 76.7 Å². The largest absolute Gasteiger partial charge is 0.456 e. The SMILES string of the molecule is O=C(NC(=O)c1ccccc1Cl)Nc1ccc(OC(F)(F)C(F)OC(F)(F)C(F)(F)Br)cc1. The highest BCUT2D eigenvalue weighted by Crippen LogP contribution is 2.43. The number of hydrogen-bond donors (Lipinski definition) is 2. The molecule has 0 fully saturated rings. The number of amides is 3. The van der Waals surface area contributed by atoms with Gasteiger partial charge in [0.2, 0.25) is 0 Å². The second-order valence-corrected chi connectivity index (χ2v) is 7.43. The number of alkyl halides is 8. The number of anilines is 1. The van der Waals surface area contributed by atoms with Crippen LogP contribution in [0.3, 0.4) is 0 Å². The lowest BCUT2D eigenvalue weighted by molar-refractivity contribution is -0.398. The van der Waals surface area contributed by atoms with Crippen molar-refractivity contribution in [3.05, 3.63) is 59.1 Å². The van der Waals surface area contributed by atoms with Crippen LogP contribution in [0.15, 0.2) is 48.5 Å². The van der Waals surface area contributed by atoms with Gasteiger partial charge in [-0.2, -0.15) is 26.3 Å². The van der Waals surface area contributed by atoms with E-state index in [-0.39, 0.29) is 16.3 Å². The number of halogens is 9. The number of imide groups is 1. The Labute approximate surface area is 194 Å². The van der Waals surface area contributed by atoms with E-state index >= 15 is 0 Å². The number of hydrogen-bond acceptors (Lipinski definition) is 4. The van der Waals surface area contributed by atoms with Crippen molar-refractivity contribution in [2.45, 2.75) is 23.4 Å². The molecule has 2 aromatic carbocycles. The second-order valence-electron chi connectivity index (χ2n) is 6.02. The van der Waals surface area contributed by atoms with Gasteiger partial charge in [0.05, 0.1) is 10.6 Å². The molecule has 0 radical (unpaired) electrons. The van der Waals surface area contributed by atoms with E-state index in [0.29, 0.717) is 0 Å². The van der Waals surface area contributed by atoms with E-state index in [2.05, 4.69) is 14.8 Å². The van der Waals surface area contributed by atoms with Crippen LogP contribution in [-0.4, -0.2) is 35.3 Å². The van der Waals surface area contributed by atoms with E-state index in [1.165, 1.54) is 34.1 Å². The van der Waals surface area contributed by atoms with Crippen LogP contribution in [0, 0.1) is 0 Å². The third kappa shape index (κ3) is 7.20. The Balaban J connectivity index is 1.97. The Bertz CT molecular complexity index is 1010. The molecule has 0 heterocycles. The normalized spacial score (nSPS) is 13.2. The Morgan fingerprint density at radius 2 is 1.55 bits per heavy atom. The van der Waals surface area contributed by atoms with Crippen molar-refractivity contribution < 1.29 is 49.8 Å². The van der Waals surface area contributed by atoms with Gasteiger partial charge in [0.25, 0.3) is 5.91 Å². The molecule has 3 amide bonds. The third-order valence-electron chi connectivity index (χ3n) is 3.56. The zero-order chi connectivity index (χ0) is 25.0. The average Bonchev–Trinajstić information content (AvgIpc) is 2.68. The monoisotopic (exact) mass is 566 g/mol. The molecule has 0 saturated heterocycles. The molecule has 15 heteroatoms. The van der Waals surface area contributed by atoms with Crippen LogP contribution in [-0.2, 0) is 4.74 Å². The first-order valence-electron chi connectivity index (χ1n) is 8.42. The summed E-state index contributed by atoms with van der Waals surface area (Å²) in [6, 6.07) is 8.30. The molecule has 2 rings (SSSR count). The first kappa shape index (κ1) is 26.7. The van der Waals surface area contributed by atoms with Gasteiger partial charge in [0, 0.05) is 21.6 Å². The first-order chi connectivity index (χ1) is 15.1. The molecule has 0 aromatic heterocycles. The lowest BCUT2D eigenvalue weighted by Crippen LogP contribution is -2.47. The molecule has 0 bridgehead atoms. The quantitative estimate of drug-likeness (QED) is 0.296. The van der Waals surface area contributed by atoms with E-state index in [9.17, 15) is 40.3 Å². The standard InChI is InChI=1S/C18H11BrClF7N2O4/c19-17(24,25)18(26,27)33-14(21)16(22,23)32-10-7-5-9(6-8-10)28-15(31)29-13(30)11-3-1-2-4-12(11)20/h1-8,14H,(H2,28,29,30,31). The maximum atomic E-state index is 13.6. The van der Waals surface area contributed by atoms with Crippen LogP contribution in [0.1, 0.15) is 10.4 Å². The molecule has 2 N–H and O–H groups in total. The number of rotatable bonds is 8. The Morgan fingerprint density at radius 3 is 2.09 bits per heavy atom. The lowest BCUT2D eigenvalue weighted by atomic mass is 10.2. The van der Waals surface area contributed by atoms with Gasteiger partial charge < -0.3 is 10.1 Å². The first-order valence-corrected chi connectivity index (χ1v) is 9.59. The van der Waals surface area contributed by atoms with Crippen molar-refractivity contribution in [2.24, 2.45) is 0 Å². The summed E-state index contributed by atoms with van der Waals surface area (Å²) in [6.07, 6.45) is -15.0. The molecule has 0 aliphatic rings. The zero-order valence-corrected chi connectivity index (χ0v) is 18.1. The molecular formula is C18H11BrClF7N2O4. The van der Waals surface area contributed by atoms with Crippen LogP contribution in [0.25, 0.3) is 0 Å². The fourth-order valence-electron chi connectivity index (χ4n) is 2.05. The molecule has 0 aliphatic heterocycles. The third-order valence-corrected chi connectivity index (χ3v) is 4.35. The van der Waals surface area contributed by atoms with E-state index in [1.807, 2.05) is 5.32 Å². The molecule has 1 unspecified atom stereocenters. The molecule has 0 saturated carbocycles. The van der Waals surface area contributed by atoms with E-state index in [4.69, 9.17) is 11.6 Å².